The van der Waals surface area contributed by atoms with E-state index in [0.29, 0.717) is 0 Å². The van der Waals surface area contributed by atoms with Gasteiger partial charge in [-0.25, -0.2) is 0 Å². The van der Waals surface area contributed by atoms with Gasteiger partial charge in [0.25, 0.3) is 0 Å². The molecule has 154 valence electrons. The topological polar surface area (TPSA) is 57.5 Å². The molecule has 6 nitrogen and oxygen atoms in total. The summed E-state index contributed by atoms with van der Waals surface area (Å²) in [6.07, 6.45) is 7.66. The summed E-state index contributed by atoms with van der Waals surface area (Å²) in [5.74, 6) is 0.841. The zero-order chi connectivity index (χ0) is 18.9. The third kappa shape index (κ3) is 7.43. The maximum absolute atomic E-state index is 4.31. The van der Waals surface area contributed by atoms with Gasteiger partial charge in [-0.2, -0.15) is 5.10 Å². The number of hydrogen-bond acceptors (Lipinski definition) is 3. The molecule has 28 heavy (non-hydrogen) atoms. The smallest absolute Gasteiger partial charge is 0.191 e. The van der Waals surface area contributed by atoms with Crippen molar-refractivity contribution >= 4 is 29.9 Å². The van der Waals surface area contributed by atoms with Crippen molar-refractivity contribution in [2.24, 2.45) is 4.99 Å². The molecule has 0 radical (unpaired) electrons. The number of aromatic nitrogens is 2. The average molecular weight is 496 g/mol. The van der Waals surface area contributed by atoms with Gasteiger partial charge in [0.05, 0.1) is 6.20 Å². The highest BCUT2D eigenvalue weighted by molar-refractivity contribution is 14.0. The maximum Gasteiger partial charge on any atom is 0.191 e. The molecule has 0 unspecified atom stereocenters. The van der Waals surface area contributed by atoms with Crippen LogP contribution in [0.25, 0.3) is 0 Å². The first-order valence-corrected chi connectivity index (χ1v) is 9.97. The van der Waals surface area contributed by atoms with Gasteiger partial charge >= 0.3 is 0 Å². The van der Waals surface area contributed by atoms with E-state index in [4.69, 9.17) is 0 Å². The number of benzene rings is 1. The molecule has 2 N–H and O–H groups in total. The molecule has 1 aliphatic heterocycles. The monoisotopic (exact) mass is 496 g/mol. The quantitative estimate of drug-likeness (QED) is 0.255. The maximum atomic E-state index is 4.31. The Labute approximate surface area is 185 Å². The molecular formula is C21H33IN6. The van der Waals surface area contributed by atoms with Crippen molar-refractivity contribution in [2.75, 3.05) is 26.7 Å². The molecular weight excluding hydrogens is 463 g/mol. The lowest BCUT2D eigenvalue weighted by Gasteiger charge is -2.15. The summed E-state index contributed by atoms with van der Waals surface area (Å²) in [5, 5.41) is 11.1. The lowest BCUT2D eigenvalue weighted by atomic mass is 10.1. The number of guanidine groups is 1. The Kier molecular flexibility index (Phi) is 9.77. The van der Waals surface area contributed by atoms with E-state index in [1.54, 1.807) is 0 Å². The third-order valence-electron chi connectivity index (χ3n) is 4.93. The summed E-state index contributed by atoms with van der Waals surface area (Å²) < 4.78 is 1.98. The molecule has 3 rings (SSSR count). The molecule has 2 heterocycles. The minimum atomic E-state index is 0. The summed E-state index contributed by atoms with van der Waals surface area (Å²) in [6.45, 7) is 8.18. The van der Waals surface area contributed by atoms with Crippen LogP contribution in [0.15, 0.2) is 41.7 Å². The van der Waals surface area contributed by atoms with Gasteiger partial charge in [0.15, 0.2) is 5.96 Å². The molecule has 0 bridgehead atoms. The zero-order valence-corrected chi connectivity index (χ0v) is 19.4. The summed E-state index contributed by atoms with van der Waals surface area (Å²) in [7, 11) is 1.81. The van der Waals surface area contributed by atoms with Crippen LogP contribution in [0.3, 0.4) is 0 Å². The van der Waals surface area contributed by atoms with Crippen molar-refractivity contribution in [1.29, 1.82) is 0 Å². The predicted octanol–water partition coefficient (Wildman–Crippen LogP) is 3.16. The largest absolute Gasteiger partial charge is 0.356 e. The number of hydrogen-bond donors (Lipinski definition) is 2. The van der Waals surface area contributed by atoms with Gasteiger partial charge in [0.2, 0.25) is 0 Å². The van der Waals surface area contributed by atoms with E-state index in [9.17, 15) is 0 Å². The van der Waals surface area contributed by atoms with Crippen LogP contribution in [-0.4, -0.2) is 47.3 Å². The Morgan fingerprint density at radius 3 is 2.46 bits per heavy atom. The van der Waals surface area contributed by atoms with E-state index in [-0.39, 0.29) is 24.0 Å². The van der Waals surface area contributed by atoms with E-state index in [2.05, 4.69) is 63.0 Å². The minimum Gasteiger partial charge on any atom is -0.356 e. The Bertz CT molecular complexity index is 719. The SMILES string of the molecule is CN=C(NCCCn1cc(C)cn1)NCc1ccc(CN2CCCC2)cc1.I. The number of halogens is 1. The van der Waals surface area contributed by atoms with Gasteiger partial charge in [0, 0.05) is 39.4 Å². The molecule has 1 saturated heterocycles. The van der Waals surface area contributed by atoms with E-state index in [1.807, 2.05) is 17.9 Å². The molecule has 7 heteroatoms. The lowest BCUT2D eigenvalue weighted by Crippen LogP contribution is -2.37. The van der Waals surface area contributed by atoms with Gasteiger partial charge < -0.3 is 10.6 Å². The van der Waals surface area contributed by atoms with Crippen molar-refractivity contribution < 1.29 is 0 Å². The first kappa shape index (κ1) is 22.7. The van der Waals surface area contributed by atoms with Crippen molar-refractivity contribution in [3.8, 4) is 0 Å². The lowest BCUT2D eigenvalue weighted by molar-refractivity contribution is 0.331. The molecule has 1 aliphatic rings. The molecule has 0 aliphatic carbocycles. The molecule has 1 fully saturated rings. The fraction of sp³-hybridized carbons (Fsp3) is 0.524. The van der Waals surface area contributed by atoms with E-state index in [0.717, 1.165) is 38.6 Å². The Balaban J connectivity index is 0.00000280. The Morgan fingerprint density at radius 1 is 1.11 bits per heavy atom. The summed E-state index contributed by atoms with van der Waals surface area (Å²) in [4.78, 5) is 6.83. The predicted molar refractivity (Wildman–Crippen MR) is 126 cm³/mol. The van der Waals surface area contributed by atoms with E-state index >= 15 is 0 Å². The minimum absolute atomic E-state index is 0. The highest BCUT2D eigenvalue weighted by atomic mass is 127. The van der Waals surface area contributed by atoms with Crippen LogP contribution in [0.5, 0.6) is 0 Å². The molecule has 0 saturated carbocycles. The molecule has 0 atom stereocenters. The van der Waals surface area contributed by atoms with Crippen molar-refractivity contribution in [1.82, 2.24) is 25.3 Å². The number of aryl methyl sites for hydroxylation is 2. The van der Waals surface area contributed by atoms with Crippen LogP contribution in [0.4, 0.5) is 0 Å². The number of rotatable bonds is 8. The fourth-order valence-corrected chi connectivity index (χ4v) is 3.40. The van der Waals surface area contributed by atoms with Crippen LogP contribution in [-0.2, 0) is 19.6 Å². The second-order valence-corrected chi connectivity index (χ2v) is 7.29. The Hall–Kier alpha value is -1.61. The van der Waals surface area contributed by atoms with Crippen LogP contribution in [0.1, 0.15) is 36.0 Å². The average Bonchev–Trinajstić information content (AvgIpc) is 3.34. The number of nitrogens with one attached hydrogen (secondary N) is 2. The molecule has 1 aromatic carbocycles. The zero-order valence-electron chi connectivity index (χ0n) is 17.0. The second-order valence-electron chi connectivity index (χ2n) is 7.29. The molecule has 1 aromatic heterocycles. The fourth-order valence-electron chi connectivity index (χ4n) is 3.40. The summed E-state index contributed by atoms with van der Waals surface area (Å²) in [5.41, 5.74) is 3.87. The summed E-state index contributed by atoms with van der Waals surface area (Å²) in [6, 6.07) is 8.92. The Morgan fingerprint density at radius 2 is 1.82 bits per heavy atom. The van der Waals surface area contributed by atoms with Crippen molar-refractivity contribution in [3.05, 3.63) is 53.3 Å². The van der Waals surface area contributed by atoms with Gasteiger partial charge in [-0.05, 0) is 56.0 Å². The van der Waals surface area contributed by atoms with Crippen LogP contribution in [0, 0.1) is 6.92 Å². The van der Waals surface area contributed by atoms with Crippen molar-refractivity contribution in [3.63, 3.8) is 0 Å². The van der Waals surface area contributed by atoms with E-state index < -0.39 is 0 Å². The van der Waals surface area contributed by atoms with Gasteiger partial charge in [0.1, 0.15) is 0 Å². The third-order valence-corrected chi connectivity index (χ3v) is 4.93. The highest BCUT2D eigenvalue weighted by Gasteiger charge is 2.11. The highest BCUT2D eigenvalue weighted by Crippen LogP contribution is 2.13. The number of aliphatic imine (C=N–C) groups is 1. The van der Waals surface area contributed by atoms with Gasteiger partial charge in [-0.1, -0.05) is 24.3 Å². The van der Waals surface area contributed by atoms with Gasteiger partial charge in [-0.3, -0.25) is 14.6 Å². The molecule has 2 aromatic rings. The first-order chi connectivity index (χ1) is 13.2. The summed E-state index contributed by atoms with van der Waals surface area (Å²) >= 11 is 0. The first-order valence-electron chi connectivity index (χ1n) is 9.97. The van der Waals surface area contributed by atoms with Gasteiger partial charge in [-0.15, -0.1) is 24.0 Å². The molecule has 0 spiro atoms. The standard InChI is InChI=1S/C21H32N6.HI/c1-18-14-25-27(16-18)13-5-10-23-21(22-2)24-15-19-6-8-20(9-7-19)17-26-11-3-4-12-26;/h6-9,14,16H,3-5,10-13,15,17H2,1-2H3,(H2,22,23,24);1H. The molecule has 0 amide bonds. The van der Waals surface area contributed by atoms with Crippen LogP contribution < -0.4 is 10.6 Å². The van der Waals surface area contributed by atoms with Crippen LogP contribution in [0.2, 0.25) is 0 Å². The van der Waals surface area contributed by atoms with E-state index in [1.165, 1.54) is 42.6 Å². The number of likely N-dealkylation sites (tertiary alicyclic amines) is 1. The van der Waals surface area contributed by atoms with Crippen LogP contribution >= 0.6 is 24.0 Å². The van der Waals surface area contributed by atoms with Crippen molar-refractivity contribution in [2.45, 2.75) is 45.8 Å². The number of nitrogens with zero attached hydrogens (tertiary/aromatic N) is 4. The normalized spacial score (nSPS) is 14.7. The second kappa shape index (κ2) is 12.1.